The summed E-state index contributed by atoms with van der Waals surface area (Å²) in [6.45, 7) is 0. The number of nitrogens with zero attached hydrogens (tertiary/aromatic N) is 2. The van der Waals surface area contributed by atoms with Crippen LogP contribution in [0.4, 0.5) is 0 Å². The number of pyridine rings is 1. The van der Waals surface area contributed by atoms with Crippen LogP contribution in [0.25, 0.3) is 23.6 Å². The number of aromatic hydroxyl groups is 1. The fraction of sp³-hybridized carbons (Fsp3) is 0. The summed E-state index contributed by atoms with van der Waals surface area (Å²) in [5.41, 5.74) is 2.09. The number of aromatic nitrogens is 2. The average molecular weight is 311 g/mol. The van der Waals surface area contributed by atoms with E-state index in [1.54, 1.807) is 42.6 Å². The lowest BCUT2D eigenvalue weighted by Gasteiger charge is -1.94. The van der Waals surface area contributed by atoms with Gasteiger partial charge in [0.2, 0.25) is 0 Å². The van der Waals surface area contributed by atoms with Crippen molar-refractivity contribution in [1.82, 2.24) is 9.38 Å². The number of rotatable bonds is 1. The molecular formula is C17H11ClN2O2. The quantitative estimate of drug-likeness (QED) is 0.725. The van der Waals surface area contributed by atoms with Crippen molar-refractivity contribution in [2.45, 2.75) is 0 Å². The second-order valence-electron chi connectivity index (χ2n) is 5.11. The maximum atomic E-state index is 10.3. The van der Waals surface area contributed by atoms with Crippen molar-refractivity contribution in [3.8, 4) is 5.75 Å². The molecule has 0 saturated carbocycles. The molecule has 3 aromatic rings. The molecule has 0 bridgehead atoms. The number of aliphatic hydroxyl groups is 1. The summed E-state index contributed by atoms with van der Waals surface area (Å²) >= 11 is 5.96. The highest BCUT2D eigenvalue weighted by Gasteiger charge is 2.12. The van der Waals surface area contributed by atoms with Gasteiger partial charge in [0, 0.05) is 28.4 Å². The Morgan fingerprint density at radius 3 is 2.77 bits per heavy atom. The molecule has 1 aliphatic rings. The first kappa shape index (κ1) is 13.0. The van der Waals surface area contributed by atoms with E-state index < -0.39 is 0 Å². The normalized spacial score (nSPS) is 15.3. The summed E-state index contributed by atoms with van der Waals surface area (Å²) in [4.78, 5) is 4.46. The Bertz CT molecular complexity index is 1060. The van der Waals surface area contributed by atoms with Gasteiger partial charge in [-0.2, -0.15) is 0 Å². The van der Waals surface area contributed by atoms with E-state index in [9.17, 15) is 10.2 Å². The molecule has 4 rings (SSSR count). The van der Waals surface area contributed by atoms with E-state index in [4.69, 9.17) is 11.6 Å². The lowest BCUT2D eigenvalue weighted by atomic mass is 10.2. The van der Waals surface area contributed by atoms with E-state index in [-0.39, 0.29) is 11.5 Å². The van der Waals surface area contributed by atoms with Crippen LogP contribution in [0.1, 0.15) is 5.69 Å². The van der Waals surface area contributed by atoms with Gasteiger partial charge in [0.25, 0.3) is 0 Å². The summed E-state index contributed by atoms with van der Waals surface area (Å²) in [7, 11) is 0. The minimum atomic E-state index is 0.140. The molecule has 2 heterocycles. The molecule has 0 spiro atoms. The van der Waals surface area contributed by atoms with Crippen LogP contribution in [-0.4, -0.2) is 19.6 Å². The largest absolute Gasteiger partial charge is 0.507 e. The minimum Gasteiger partial charge on any atom is -0.507 e. The van der Waals surface area contributed by atoms with Crippen molar-refractivity contribution in [2.75, 3.05) is 0 Å². The molecule has 22 heavy (non-hydrogen) atoms. The van der Waals surface area contributed by atoms with Crippen LogP contribution in [0.3, 0.4) is 0 Å². The first-order valence-electron chi connectivity index (χ1n) is 6.71. The third-order valence-corrected chi connectivity index (χ3v) is 3.87. The van der Waals surface area contributed by atoms with E-state index in [1.807, 2.05) is 16.7 Å². The standard InChI is InChI=1S/C17H11ClN2O2/c18-11-4-5-16-19-12(9-20(16)8-11)6-10-7-14-13(17(10)22)2-1-3-15(14)21/h1-9,21-22H/b10-6+. The fourth-order valence-electron chi connectivity index (χ4n) is 2.61. The first-order valence-corrected chi connectivity index (χ1v) is 7.09. The number of benzene rings is 1. The van der Waals surface area contributed by atoms with Gasteiger partial charge in [0.05, 0.1) is 10.7 Å². The molecule has 0 amide bonds. The summed E-state index contributed by atoms with van der Waals surface area (Å²) < 4.78 is 1.82. The van der Waals surface area contributed by atoms with Crippen LogP contribution >= 0.6 is 11.6 Å². The highest BCUT2D eigenvalue weighted by atomic mass is 35.5. The molecule has 4 nitrogen and oxygen atoms in total. The second-order valence-corrected chi connectivity index (χ2v) is 5.55. The van der Waals surface area contributed by atoms with E-state index in [0.717, 1.165) is 5.65 Å². The molecule has 0 fully saturated rings. The maximum Gasteiger partial charge on any atom is 0.137 e. The molecule has 5 heteroatoms. The van der Waals surface area contributed by atoms with Crippen LogP contribution in [0.2, 0.25) is 5.02 Å². The molecule has 0 aliphatic heterocycles. The van der Waals surface area contributed by atoms with Crippen molar-refractivity contribution in [2.24, 2.45) is 0 Å². The topological polar surface area (TPSA) is 57.8 Å². The predicted molar refractivity (Wildman–Crippen MR) is 86.0 cm³/mol. The zero-order chi connectivity index (χ0) is 15.3. The maximum absolute atomic E-state index is 10.3. The molecule has 1 aliphatic carbocycles. The zero-order valence-corrected chi connectivity index (χ0v) is 12.1. The Morgan fingerprint density at radius 2 is 1.95 bits per heavy atom. The van der Waals surface area contributed by atoms with Gasteiger partial charge >= 0.3 is 0 Å². The summed E-state index contributed by atoms with van der Waals surface area (Å²) in [6.07, 6.45) is 7.12. The van der Waals surface area contributed by atoms with Gasteiger partial charge in [-0.15, -0.1) is 0 Å². The predicted octanol–water partition coefficient (Wildman–Crippen LogP) is 2.24. The van der Waals surface area contributed by atoms with Gasteiger partial charge in [-0.05, 0) is 30.4 Å². The molecule has 0 unspecified atom stereocenters. The molecule has 108 valence electrons. The van der Waals surface area contributed by atoms with Crippen LogP contribution in [0, 0.1) is 0 Å². The van der Waals surface area contributed by atoms with Crippen molar-refractivity contribution in [1.29, 1.82) is 0 Å². The van der Waals surface area contributed by atoms with Crippen molar-refractivity contribution < 1.29 is 10.2 Å². The Morgan fingerprint density at radius 1 is 1.09 bits per heavy atom. The molecule has 2 N–H and O–H groups in total. The number of fused-ring (bicyclic) bond motifs is 2. The number of phenols is 1. The lowest BCUT2D eigenvalue weighted by molar-refractivity contribution is 0.469. The van der Waals surface area contributed by atoms with Gasteiger partial charge < -0.3 is 14.6 Å². The number of aliphatic hydroxyl groups excluding tert-OH is 1. The van der Waals surface area contributed by atoms with Gasteiger partial charge in [-0.25, -0.2) is 4.98 Å². The second kappa shape index (κ2) is 4.64. The molecule has 0 radical (unpaired) electrons. The van der Waals surface area contributed by atoms with Gasteiger partial charge in [-0.3, -0.25) is 0 Å². The van der Waals surface area contributed by atoms with Crippen LogP contribution < -0.4 is 10.4 Å². The third kappa shape index (κ3) is 1.96. The SMILES string of the molecule is OC1=c2cccc(O)c2=C/C1=C\c1cn2cc(Cl)ccc2n1. The number of hydrogen-bond acceptors (Lipinski definition) is 3. The van der Waals surface area contributed by atoms with Gasteiger partial charge in [-0.1, -0.05) is 23.7 Å². The molecular weight excluding hydrogens is 300 g/mol. The summed E-state index contributed by atoms with van der Waals surface area (Å²) in [6, 6.07) is 8.67. The minimum absolute atomic E-state index is 0.140. The van der Waals surface area contributed by atoms with Crippen molar-refractivity contribution >= 4 is 35.2 Å². The third-order valence-electron chi connectivity index (χ3n) is 3.65. The molecule has 1 aromatic carbocycles. The smallest absolute Gasteiger partial charge is 0.137 e. The van der Waals surface area contributed by atoms with E-state index in [0.29, 0.717) is 26.7 Å². The molecule has 2 aromatic heterocycles. The van der Waals surface area contributed by atoms with Crippen LogP contribution in [0.5, 0.6) is 5.75 Å². The Hall–Kier alpha value is -2.72. The van der Waals surface area contributed by atoms with Crippen molar-refractivity contribution in [3.63, 3.8) is 0 Å². The van der Waals surface area contributed by atoms with E-state index >= 15 is 0 Å². The molecule has 0 atom stereocenters. The van der Waals surface area contributed by atoms with Crippen LogP contribution in [-0.2, 0) is 0 Å². The number of imidazole rings is 1. The summed E-state index contributed by atoms with van der Waals surface area (Å²) in [5.74, 6) is 0.287. The highest BCUT2D eigenvalue weighted by molar-refractivity contribution is 6.30. The van der Waals surface area contributed by atoms with Crippen molar-refractivity contribution in [3.05, 3.63) is 69.5 Å². The fourth-order valence-corrected chi connectivity index (χ4v) is 2.78. The van der Waals surface area contributed by atoms with E-state index in [2.05, 4.69) is 4.98 Å². The van der Waals surface area contributed by atoms with Gasteiger partial charge in [0.15, 0.2) is 0 Å². The van der Waals surface area contributed by atoms with E-state index in [1.165, 1.54) is 0 Å². The zero-order valence-electron chi connectivity index (χ0n) is 11.4. The Labute approximate surface area is 130 Å². The molecule has 0 saturated heterocycles. The lowest BCUT2D eigenvalue weighted by Crippen LogP contribution is -2.22. The van der Waals surface area contributed by atoms with Gasteiger partial charge in [0.1, 0.15) is 17.2 Å². The Kier molecular flexibility index (Phi) is 2.74. The highest BCUT2D eigenvalue weighted by Crippen LogP contribution is 2.19. The Balaban J connectivity index is 1.88. The van der Waals surface area contributed by atoms with Crippen LogP contribution in [0.15, 0.2) is 48.3 Å². The number of phenolic OH excluding ortho intramolecular Hbond substituents is 1. The monoisotopic (exact) mass is 310 g/mol. The number of hydrogen-bond donors (Lipinski definition) is 2. The first-order chi connectivity index (χ1) is 10.6. The average Bonchev–Trinajstić information content (AvgIpc) is 3.02. The number of halogens is 1. The summed E-state index contributed by atoms with van der Waals surface area (Å²) in [5, 5.41) is 22.0.